The number of hydrogen-bond acceptors (Lipinski definition) is 2. The number of halogens is 1. The average Bonchev–Trinajstić information content (AvgIpc) is 2.65. The highest BCUT2D eigenvalue weighted by molar-refractivity contribution is 9.10. The molecule has 1 aromatic rings. The summed E-state index contributed by atoms with van der Waals surface area (Å²) in [5, 5.41) is 6.96. The summed E-state index contributed by atoms with van der Waals surface area (Å²) < 4.78 is 1.09. The molecule has 1 N–H and O–H groups in total. The second-order valence-electron chi connectivity index (χ2n) is 3.18. The van der Waals surface area contributed by atoms with E-state index in [0.717, 1.165) is 11.0 Å². The van der Waals surface area contributed by atoms with E-state index in [1.165, 1.54) is 31.6 Å². The van der Waals surface area contributed by atoms with Crippen molar-refractivity contribution in [3.05, 3.63) is 16.4 Å². The smallest absolute Gasteiger partial charge is 0.0634 e. The Hall–Kier alpha value is -0.350. The Bertz CT molecular complexity index is 253. The molecule has 3 nitrogen and oxygen atoms in total. The zero-order valence-electron chi connectivity index (χ0n) is 6.89. The van der Waals surface area contributed by atoms with Crippen molar-refractivity contribution < 1.29 is 0 Å². The summed E-state index contributed by atoms with van der Waals surface area (Å²) in [5.74, 6) is 0. The summed E-state index contributed by atoms with van der Waals surface area (Å²) in [5.41, 5.74) is 1.19. The Morgan fingerprint density at radius 3 is 2.83 bits per heavy atom. The van der Waals surface area contributed by atoms with Crippen molar-refractivity contribution >= 4 is 15.9 Å². The first-order chi connectivity index (χ1) is 5.86. The normalized spacial score (nSPS) is 18.8. The third kappa shape index (κ3) is 1.69. The molecule has 0 amide bonds. The van der Waals surface area contributed by atoms with Crippen LogP contribution >= 0.6 is 15.9 Å². The molecule has 0 atom stereocenters. The lowest BCUT2D eigenvalue weighted by molar-refractivity contribution is 0.326. The van der Waals surface area contributed by atoms with E-state index in [1.54, 1.807) is 0 Å². The molecule has 1 saturated heterocycles. The molecule has 0 radical (unpaired) electrons. The number of nitrogens with one attached hydrogen (secondary N) is 1. The van der Waals surface area contributed by atoms with E-state index in [1.807, 2.05) is 6.20 Å². The Morgan fingerprint density at radius 1 is 1.50 bits per heavy atom. The number of likely N-dealkylation sites (tertiary alicyclic amines) is 1. The van der Waals surface area contributed by atoms with Crippen molar-refractivity contribution in [1.29, 1.82) is 0 Å². The monoisotopic (exact) mass is 229 g/mol. The van der Waals surface area contributed by atoms with E-state index in [2.05, 4.69) is 31.0 Å². The van der Waals surface area contributed by atoms with Crippen LogP contribution in [0.3, 0.4) is 0 Å². The van der Waals surface area contributed by atoms with Crippen molar-refractivity contribution in [3.63, 3.8) is 0 Å². The van der Waals surface area contributed by atoms with Crippen LogP contribution in [-0.2, 0) is 6.54 Å². The quantitative estimate of drug-likeness (QED) is 0.839. The molecule has 66 valence electrons. The van der Waals surface area contributed by atoms with Crippen LogP contribution < -0.4 is 0 Å². The molecular weight excluding hydrogens is 218 g/mol. The second-order valence-corrected chi connectivity index (χ2v) is 4.03. The van der Waals surface area contributed by atoms with Gasteiger partial charge >= 0.3 is 0 Å². The van der Waals surface area contributed by atoms with Gasteiger partial charge in [-0.2, -0.15) is 5.10 Å². The summed E-state index contributed by atoms with van der Waals surface area (Å²) in [6, 6.07) is 0. The van der Waals surface area contributed by atoms with Crippen LogP contribution in [0, 0.1) is 0 Å². The van der Waals surface area contributed by atoms with Gasteiger partial charge in [0.1, 0.15) is 0 Å². The molecule has 2 rings (SSSR count). The maximum Gasteiger partial charge on any atom is 0.0634 e. The molecule has 1 aromatic heterocycles. The fourth-order valence-corrected chi connectivity index (χ4v) is 1.89. The minimum Gasteiger partial charge on any atom is -0.297 e. The highest BCUT2D eigenvalue weighted by Crippen LogP contribution is 2.17. The molecule has 0 spiro atoms. The molecule has 0 unspecified atom stereocenters. The summed E-state index contributed by atoms with van der Waals surface area (Å²) in [6.07, 6.45) is 4.49. The maximum atomic E-state index is 3.97. The molecule has 1 fully saturated rings. The van der Waals surface area contributed by atoms with Crippen LogP contribution in [0.25, 0.3) is 0 Å². The van der Waals surface area contributed by atoms with Crippen LogP contribution in [-0.4, -0.2) is 28.2 Å². The number of aromatic nitrogens is 2. The molecule has 1 aliphatic rings. The lowest BCUT2D eigenvalue weighted by atomic mass is 10.4. The van der Waals surface area contributed by atoms with E-state index in [4.69, 9.17) is 0 Å². The zero-order valence-corrected chi connectivity index (χ0v) is 8.47. The van der Waals surface area contributed by atoms with Gasteiger partial charge in [-0.25, -0.2) is 0 Å². The lowest BCUT2D eigenvalue weighted by Crippen LogP contribution is -2.18. The summed E-state index contributed by atoms with van der Waals surface area (Å²) in [6.45, 7) is 3.46. The van der Waals surface area contributed by atoms with Gasteiger partial charge in [0.25, 0.3) is 0 Å². The number of aromatic amines is 1. The van der Waals surface area contributed by atoms with Gasteiger partial charge in [0.15, 0.2) is 0 Å². The largest absolute Gasteiger partial charge is 0.297 e. The van der Waals surface area contributed by atoms with Gasteiger partial charge in [-0.05, 0) is 41.9 Å². The molecule has 0 aromatic carbocycles. The predicted molar refractivity (Wildman–Crippen MR) is 50.8 cm³/mol. The molecule has 2 heterocycles. The van der Waals surface area contributed by atoms with Crippen molar-refractivity contribution in [2.45, 2.75) is 19.4 Å². The fraction of sp³-hybridized carbons (Fsp3) is 0.625. The molecule has 0 bridgehead atoms. The first-order valence-electron chi connectivity index (χ1n) is 4.26. The van der Waals surface area contributed by atoms with Crippen molar-refractivity contribution in [3.8, 4) is 0 Å². The van der Waals surface area contributed by atoms with Crippen molar-refractivity contribution in [2.75, 3.05) is 13.1 Å². The van der Waals surface area contributed by atoms with Gasteiger partial charge < -0.3 is 0 Å². The highest BCUT2D eigenvalue weighted by atomic mass is 79.9. The molecule has 0 saturated carbocycles. The van der Waals surface area contributed by atoms with Crippen LogP contribution in [0.2, 0.25) is 0 Å². The number of hydrogen-bond donors (Lipinski definition) is 1. The van der Waals surface area contributed by atoms with Crippen LogP contribution in [0.15, 0.2) is 10.7 Å². The van der Waals surface area contributed by atoms with Gasteiger partial charge in [0.2, 0.25) is 0 Å². The van der Waals surface area contributed by atoms with Gasteiger partial charge in [-0.1, -0.05) is 0 Å². The maximum absolute atomic E-state index is 3.97. The zero-order chi connectivity index (χ0) is 8.39. The van der Waals surface area contributed by atoms with E-state index in [9.17, 15) is 0 Å². The second kappa shape index (κ2) is 3.58. The SMILES string of the molecule is Brc1cn[nH]c1CN1CCCC1. The number of nitrogens with zero attached hydrogens (tertiary/aromatic N) is 2. The molecule has 1 aliphatic heterocycles. The third-order valence-electron chi connectivity index (χ3n) is 2.25. The topological polar surface area (TPSA) is 31.9 Å². The Balaban J connectivity index is 1.98. The Morgan fingerprint density at radius 2 is 2.25 bits per heavy atom. The fourth-order valence-electron chi connectivity index (χ4n) is 1.57. The highest BCUT2D eigenvalue weighted by Gasteiger charge is 2.13. The van der Waals surface area contributed by atoms with Crippen LogP contribution in [0.5, 0.6) is 0 Å². The Labute approximate surface area is 80.3 Å². The van der Waals surface area contributed by atoms with Crippen LogP contribution in [0.1, 0.15) is 18.5 Å². The van der Waals surface area contributed by atoms with Gasteiger partial charge in [-0.15, -0.1) is 0 Å². The standard InChI is InChI=1S/C8H12BrN3/c9-7-5-10-11-8(7)6-12-3-1-2-4-12/h5H,1-4,6H2,(H,10,11). The molecule has 0 aliphatic carbocycles. The van der Waals surface area contributed by atoms with Crippen molar-refractivity contribution in [2.24, 2.45) is 0 Å². The Kier molecular flexibility index (Phi) is 2.46. The summed E-state index contributed by atoms with van der Waals surface area (Å²) in [4.78, 5) is 2.44. The first kappa shape index (κ1) is 8.26. The summed E-state index contributed by atoms with van der Waals surface area (Å²) in [7, 11) is 0. The van der Waals surface area contributed by atoms with Crippen LogP contribution in [0.4, 0.5) is 0 Å². The molecule has 12 heavy (non-hydrogen) atoms. The first-order valence-corrected chi connectivity index (χ1v) is 5.05. The van der Waals surface area contributed by atoms with Gasteiger partial charge in [0.05, 0.1) is 16.4 Å². The van der Waals surface area contributed by atoms with E-state index in [0.29, 0.717) is 0 Å². The third-order valence-corrected chi connectivity index (χ3v) is 2.93. The number of rotatable bonds is 2. The number of H-pyrrole nitrogens is 1. The van der Waals surface area contributed by atoms with Crippen molar-refractivity contribution in [1.82, 2.24) is 15.1 Å². The average molecular weight is 230 g/mol. The lowest BCUT2D eigenvalue weighted by Gasteiger charge is -2.12. The molecular formula is C8H12BrN3. The summed E-state index contributed by atoms with van der Waals surface area (Å²) >= 11 is 3.45. The molecule has 4 heteroatoms. The van der Waals surface area contributed by atoms with E-state index >= 15 is 0 Å². The van der Waals surface area contributed by atoms with Gasteiger partial charge in [-0.3, -0.25) is 10.00 Å². The predicted octanol–water partition coefficient (Wildman–Crippen LogP) is 1.77. The van der Waals surface area contributed by atoms with E-state index < -0.39 is 0 Å². The van der Waals surface area contributed by atoms with E-state index in [-0.39, 0.29) is 0 Å². The van der Waals surface area contributed by atoms with Gasteiger partial charge in [0, 0.05) is 6.54 Å². The minimum absolute atomic E-state index is 1.00. The minimum atomic E-state index is 1.00.